The third-order valence-corrected chi connectivity index (χ3v) is 3.93. The molecule has 0 saturated carbocycles. The molecule has 104 valence electrons. The molecule has 0 bridgehead atoms. The van der Waals surface area contributed by atoms with Gasteiger partial charge in [0.1, 0.15) is 0 Å². The van der Waals surface area contributed by atoms with Crippen molar-refractivity contribution in [3.63, 3.8) is 0 Å². The number of pyridine rings is 1. The highest BCUT2D eigenvalue weighted by Crippen LogP contribution is 2.28. The summed E-state index contributed by atoms with van der Waals surface area (Å²) in [5.74, 6) is -0.0567. The maximum atomic E-state index is 11.0. The molecular weight excluding hydrogens is 244 g/mol. The molecule has 1 aliphatic rings. The van der Waals surface area contributed by atoms with E-state index in [-0.39, 0.29) is 11.8 Å². The summed E-state index contributed by atoms with van der Waals surface area (Å²) in [6.07, 6.45) is 3.64. The first kappa shape index (κ1) is 13.6. The van der Waals surface area contributed by atoms with Gasteiger partial charge in [-0.05, 0) is 24.8 Å². The van der Waals surface area contributed by atoms with Crippen molar-refractivity contribution in [3.05, 3.63) is 18.3 Å². The van der Waals surface area contributed by atoms with E-state index in [9.17, 15) is 4.79 Å². The maximum absolute atomic E-state index is 11.0. The van der Waals surface area contributed by atoms with Crippen molar-refractivity contribution >= 4 is 11.7 Å². The van der Waals surface area contributed by atoms with Crippen LogP contribution >= 0.6 is 0 Å². The molecular formula is C14H20N2O3. The number of nitrogens with zero attached hydrogens (tertiary/aromatic N) is 2. The van der Waals surface area contributed by atoms with Crippen molar-refractivity contribution in [2.45, 2.75) is 19.8 Å². The minimum absolute atomic E-state index is 0.254. The highest BCUT2D eigenvalue weighted by atomic mass is 16.5. The fraction of sp³-hybridized carbons (Fsp3) is 0.571. The number of anilines is 1. The summed E-state index contributed by atoms with van der Waals surface area (Å²) < 4.78 is 5.04. The molecule has 1 aromatic heterocycles. The molecule has 1 unspecified atom stereocenters. The van der Waals surface area contributed by atoms with Gasteiger partial charge >= 0.3 is 5.97 Å². The summed E-state index contributed by atoms with van der Waals surface area (Å²) >= 11 is 0. The van der Waals surface area contributed by atoms with Crippen LogP contribution in [-0.4, -0.2) is 36.3 Å². The quantitative estimate of drug-likeness (QED) is 0.901. The second-order valence-electron chi connectivity index (χ2n) is 5.01. The molecule has 5 nitrogen and oxygen atoms in total. The first-order valence-corrected chi connectivity index (χ1v) is 6.59. The zero-order chi connectivity index (χ0) is 13.8. The summed E-state index contributed by atoms with van der Waals surface area (Å²) in [4.78, 5) is 17.4. The fourth-order valence-corrected chi connectivity index (χ4v) is 2.54. The molecule has 1 aromatic rings. The molecule has 19 heavy (non-hydrogen) atoms. The van der Waals surface area contributed by atoms with Gasteiger partial charge in [-0.3, -0.25) is 4.79 Å². The Balaban J connectivity index is 1.93. The number of aromatic nitrogens is 1. The lowest BCUT2D eigenvalue weighted by Gasteiger charge is -2.34. The molecule has 1 atom stereocenters. The molecule has 1 saturated heterocycles. The second-order valence-corrected chi connectivity index (χ2v) is 5.01. The van der Waals surface area contributed by atoms with Gasteiger partial charge in [-0.2, -0.15) is 0 Å². The zero-order valence-electron chi connectivity index (χ0n) is 11.4. The Morgan fingerprint density at radius 1 is 1.47 bits per heavy atom. The number of piperidine rings is 1. The van der Waals surface area contributed by atoms with E-state index in [1.807, 2.05) is 12.1 Å². The summed E-state index contributed by atoms with van der Waals surface area (Å²) in [5, 5.41) is 9.04. The zero-order valence-corrected chi connectivity index (χ0v) is 11.4. The van der Waals surface area contributed by atoms with Crippen molar-refractivity contribution in [3.8, 4) is 5.88 Å². The van der Waals surface area contributed by atoms with Crippen LogP contribution in [0.25, 0.3) is 0 Å². The molecule has 0 radical (unpaired) electrons. The Bertz CT molecular complexity index is 425. The average molecular weight is 264 g/mol. The van der Waals surface area contributed by atoms with Crippen molar-refractivity contribution in [1.29, 1.82) is 0 Å². The normalized spacial score (nSPS) is 18.1. The van der Waals surface area contributed by atoms with Gasteiger partial charge in [0.05, 0.1) is 24.9 Å². The van der Waals surface area contributed by atoms with Crippen LogP contribution in [0.5, 0.6) is 5.88 Å². The van der Waals surface area contributed by atoms with Gasteiger partial charge in [0.2, 0.25) is 5.88 Å². The van der Waals surface area contributed by atoms with Crippen LogP contribution in [0.1, 0.15) is 19.8 Å². The van der Waals surface area contributed by atoms with Crippen LogP contribution in [0, 0.1) is 11.8 Å². The Kier molecular flexibility index (Phi) is 4.24. The summed E-state index contributed by atoms with van der Waals surface area (Å²) in [7, 11) is 1.60. The SMILES string of the molecule is COc1ccc(N2CCC(C(C)C(=O)O)CC2)cn1. The molecule has 1 N–H and O–H groups in total. The van der Waals surface area contributed by atoms with E-state index in [1.165, 1.54) is 0 Å². The van der Waals surface area contributed by atoms with E-state index in [2.05, 4.69) is 9.88 Å². The van der Waals surface area contributed by atoms with Gasteiger partial charge < -0.3 is 14.7 Å². The first-order valence-electron chi connectivity index (χ1n) is 6.59. The maximum Gasteiger partial charge on any atom is 0.306 e. The Labute approximate surface area is 113 Å². The number of carboxylic acids is 1. The molecule has 0 aromatic carbocycles. The smallest absolute Gasteiger partial charge is 0.306 e. The van der Waals surface area contributed by atoms with Crippen molar-refractivity contribution in [1.82, 2.24) is 4.98 Å². The number of ether oxygens (including phenoxy) is 1. The molecule has 0 amide bonds. The van der Waals surface area contributed by atoms with Gasteiger partial charge in [0.15, 0.2) is 0 Å². The van der Waals surface area contributed by atoms with Crippen LogP contribution in [0.4, 0.5) is 5.69 Å². The summed E-state index contributed by atoms with van der Waals surface area (Å²) in [6, 6.07) is 3.84. The first-order chi connectivity index (χ1) is 9.11. The number of hydrogen-bond donors (Lipinski definition) is 1. The van der Waals surface area contributed by atoms with E-state index in [0.29, 0.717) is 5.88 Å². The second kappa shape index (κ2) is 5.91. The molecule has 1 fully saturated rings. The van der Waals surface area contributed by atoms with E-state index in [4.69, 9.17) is 9.84 Å². The van der Waals surface area contributed by atoms with Gasteiger partial charge in [-0.15, -0.1) is 0 Å². The van der Waals surface area contributed by atoms with Crippen LogP contribution in [-0.2, 0) is 4.79 Å². The van der Waals surface area contributed by atoms with Crippen LogP contribution < -0.4 is 9.64 Å². The number of hydrogen-bond acceptors (Lipinski definition) is 4. The number of carboxylic acid groups (broad SMARTS) is 1. The standard InChI is InChI=1S/C14H20N2O3/c1-10(14(17)18)11-5-7-16(8-6-11)12-3-4-13(19-2)15-9-12/h3-4,9-11H,5-8H2,1-2H3,(H,17,18). The molecule has 5 heteroatoms. The topological polar surface area (TPSA) is 62.7 Å². The van der Waals surface area contributed by atoms with Gasteiger partial charge in [-0.1, -0.05) is 6.92 Å². The number of aliphatic carboxylic acids is 1. The third kappa shape index (κ3) is 3.16. The lowest BCUT2D eigenvalue weighted by atomic mass is 9.85. The lowest BCUT2D eigenvalue weighted by Crippen LogP contribution is -2.37. The summed E-state index contributed by atoms with van der Waals surface area (Å²) in [6.45, 7) is 3.57. The minimum Gasteiger partial charge on any atom is -0.481 e. The predicted molar refractivity (Wildman–Crippen MR) is 72.5 cm³/mol. The Morgan fingerprint density at radius 3 is 2.63 bits per heavy atom. The van der Waals surface area contributed by atoms with Gasteiger partial charge in [0, 0.05) is 19.2 Å². The Hall–Kier alpha value is -1.78. The van der Waals surface area contributed by atoms with Crippen molar-refractivity contribution in [2.75, 3.05) is 25.1 Å². The number of rotatable bonds is 4. The van der Waals surface area contributed by atoms with Crippen LogP contribution in [0.15, 0.2) is 18.3 Å². The highest BCUT2D eigenvalue weighted by molar-refractivity contribution is 5.69. The van der Waals surface area contributed by atoms with E-state index in [1.54, 1.807) is 20.2 Å². The molecule has 0 aliphatic carbocycles. The largest absolute Gasteiger partial charge is 0.481 e. The number of methoxy groups -OCH3 is 1. The summed E-state index contributed by atoms with van der Waals surface area (Å²) in [5.41, 5.74) is 1.07. The third-order valence-electron chi connectivity index (χ3n) is 3.93. The fourth-order valence-electron chi connectivity index (χ4n) is 2.54. The predicted octanol–water partition coefficient (Wildman–Crippen LogP) is 2.03. The number of carbonyl (C=O) groups is 1. The molecule has 0 spiro atoms. The van der Waals surface area contributed by atoms with E-state index in [0.717, 1.165) is 31.6 Å². The monoisotopic (exact) mass is 264 g/mol. The van der Waals surface area contributed by atoms with Crippen molar-refractivity contribution in [2.24, 2.45) is 11.8 Å². The minimum atomic E-state index is -0.690. The lowest BCUT2D eigenvalue weighted by molar-refractivity contribution is -0.143. The molecule has 2 heterocycles. The Morgan fingerprint density at radius 2 is 2.16 bits per heavy atom. The average Bonchev–Trinajstić information content (AvgIpc) is 2.46. The van der Waals surface area contributed by atoms with Crippen molar-refractivity contribution < 1.29 is 14.6 Å². The highest BCUT2D eigenvalue weighted by Gasteiger charge is 2.27. The van der Waals surface area contributed by atoms with Crippen LogP contribution in [0.2, 0.25) is 0 Å². The molecule has 1 aliphatic heterocycles. The van der Waals surface area contributed by atoms with Crippen LogP contribution in [0.3, 0.4) is 0 Å². The van der Waals surface area contributed by atoms with Gasteiger partial charge in [-0.25, -0.2) is 4.98 Å². The molecule has 2 rings (SSSR count). The van der Waals surface area contributed by atoms with E-state index < -0.39 is 5.97 Å². The van der Waals surface area contributed by atoms with E-state index >= 15 is 0 Å². The van der Waals surface area contributed by atoms with Gasteiger partial charge in [0.25, 0.3) is 0 Å².